The molecule has 1 amide bonds. The highest BCUT2D eigenvalue weighted by atomic mass is 35.5. The molecule has 1 aromatic heterocycles. The number of hydrogen-bond donors (Lipinski definition) is 1. The van der Waals surface area contributed by atoms with Crippen LogP contribution >= 0.6 is 11.6 Å². The number of pyridine rings is 1. The first-order valence-electron chi connectivity index (χ1n) is 7.26. The fraction of sp³-hybridized carbons (Fsp3) is 0.250. The van der Waals surface area contributed by atoms with Crippen molar-refractivity contribution in [1.82, 2.24) is 14.6 Å². The van der Waals surface area contributed by atoms with Crippen LogP contribution in [-0.4, -0.2) is 44.3 Å². The highest BCUT2D eigenvalue weighted by molar-refractivity contribution is 7.89. The highest BCUT2D eigenvalue weighted by Crippen LogP contribution is 2.15. The first-order valence-corrected chi connectivity index (χ1v) is 9.13. The van der Waals surface area contributed by atoms with Gasteiger partial charge in [0.15, 0.2) is 0 Å². The zero-order chi connectivity index (χ0) is 17.6. The van der Waals surface area contributed by atoms with Crippen LogP contribution in [0, 0.1) is 0 Å². The minimum atomic E-state index is -3.77. The van der Waals surface area contributed by atoms with Crippen LogP contribution in [0.25, 0.3) is 0 Å². The summed E-state index contributed by atoms with van der Waals surface area (Å²) in [5.41, 5.74) is 1.06. The van der Waals surface area contributed by atoms with Crippen LogP contribution < -0.4 is 4.72 Å². The molecular formula is C16H18ClN3O3S. The summed E-state index contributed by atoms with van der Waals surface area (Å²) in [7, 11) is -2.13. The van der Waals surface area contributed by atoms with Crippen molar-refractivity contribution in [2.45, 2.75) is 11.3 Å². The molecule has 6 nitrogen and oxygen atoms in total. The summed E-state index contributed by atoms with van der Waals surface area (Å²) < 4.78 is 26.6. The van der Waals surface area contributed by atoms with Crippen molar-refractivity contribution >= 4 is 27.5 Å². The molecule has 2 aromatic rings. The zero-order valence-corrected chi connectivity index (χ0v) is 14.7. The molecule has 24 heavy (non-hydrogen) atoms. The van der Waals surface area contributed by atoms with E-state index in [2.05, 4.69) is 9.71 Å². The fourth-order valence-electron chi connectivity index (χ4n) is 1.98. The molecule has 0 saturated carbocycles. The topological polar surface area (TPSA) is 79.4 Å². The molecule has 128 valence electrons. The van der Waals surface area contributed by atoms with E-state index in [9.17, 15) is 13.2 Å². The molecule has 0 aliphatic rings. The van der Waals surface area contributed by atoms with Crippen LogP contribution in [0.15, 0.2) is 53.7 Å². The van der Waals surface area contributed by atoms with Gasteiger partial charge in [0.1, 0.15) is 0 Å². The molecule has 1 N–H and O–H groups in total. The van der Waals surface area contributed by atoms with Gasteiger partial charge in [-0.1, -0.05) is 17.7 Å². The Bertz CT molecular complexity index is 797. The molecule has 0 atom stereocenters. The number of hydrogen-bond acceptors (Lipinski definition) is 4. The van der Waals surface area contributed by atoms with Gasteiger partial charge in [-0.2, -0.15) is 0 Å². The Kier molecular flexibility index (Phi) is 6.30. The van der Waals surface area contributed by atoms with Gasteiger partial charge in [0, 0.05) is 31.0 Å². The molecule has 0 aliphatic carbocycles. The predicted octanol–water partition coefficient (Wildman–Crippen LogP) is 1.71. The van der Waals surface area contributed by atoms with Gasteiger partial charge in [-0.05, 0) is 42.3 Å². The molecule has 1 aromatic carbocycles. The molecule has 8 heteroatoms. The number of aromatic nitrogens is 1. The van der Waals surface area contributed by atoms with Crippen molar-refractivity contribution in [3.05, 3.63) is 59.4 Å². The van der Waals surface area contributed by atoms with E-state index in [1.54, 1.807) is 31.6 Å². The SMILES string of the molecule is CN(CCc1ccncc1)C(=O)CNS(=O)(=O)c1cccc(Cl)c1. The van der Waals surface area contributed by atoms with Crippen LogP contribution in [0.4, 0.5) is 0 Å². The maximum Gasteiger partial charge on any atom is 0.241 e. The van der Waals surface area contributed by atoms with Gasteiger partial charge < -0.3 is 4.90 Å². The second kappa shape index (κ2) is 8.23. The van der Waals surface area contributed by atoms with Gasteiger partial charge in [0.05, 0.1) is 11.4 Å². The number of amides is 1. The normalized spacial score (nSPS) is 11.2. The molecule has 0 bridgehead atoms. The van der Waals surface area contributed by atoms with Crippen molar-refractivity contribution in [3.8, 4) is 0 Å². The second-order valence-electron chi connectivity index (χ2n) is 5.20. The van der Waals surface area contributed by atoms with E-state index in [1.165, 1.54) is 17.0 Å². The highest BCUT2D eigenvalue weighted by Gasteiger charge is 2.17. The minimum Gasteiger partial charge on any atom is -0.344 e. The largest absolute Gasteiger partial charge is 0.344 e. The molecule has 2 rings (SSSR count). The summed E-state index contributed by atoms with van der Waals surface area (Å²) in [5, 5.41) is 0.318. The molecule has 0 aliphatic heterocycles. The molecule has 0 unspecified atom stereocenters. The Morgan fingerprint density at radius 2 is 1.96 bits per heavy atom. The quantitative estimate of drug-likeness (QED) is 0.808. The lowest BCUT2D eigenvalue weighted by atomic mass is 10.2. The Labute approximate surface area is 146 Å². The van der Waals surface area contributed by atoms with E-state index in [-0.39, 0.29) is 17.3 Å². The molecule has 1 heterocycles. The van der Waals surface area contributed by atoms with Gasteiger partial charge in [-0.15, -0.1) is 0 Å². The van der Waals surface area contributed by atoms with Crippen LogP contribution in [0.5, 0.6) is 0 Å². The van der Waals surface area contributed by atoms with E-state index in [0.29, 0.717) is 18.0 Å². The van der Waals surface area contributed by atoms with Crippen molar-refractivity contribution in [3.63, 3.8) is 0 Å². The van der Waals surface area contributed by atoms with Crippen LogP contribution in [0.2, 0.25) is 5.02 Å². The van der Waals surface area contributed by atoms with Gasteiger partial charge in [0.2, 0.25) is 15.9 Å². The summed E-state index contributed by atoms with van der Waals surface area (Å²) in [6, 6.07) is 9.63. The number of carbonyl (C=O) groups is 1. The standard InChI is InChI=1S/C16H18ClN3O3S/c1-20(10-7-13-5-8-18-9-6-13)16(21)12-19-24(22,23)15-4-2-3-14(17)11-15/h2-6,8-9,11,19H,7,10,12H2,1H3. The first-order chi connectivity index (χ1) is 11.4. The van der Waals surface area contributed by atoms with Crippen LogP contribution in [0.1, 0.15) is 5.56 Å². The maximum atomic E-state index is 12.1. The summed E-state index contributed by atoms with van der Waals surface area (Å²) in [5.74, 6) is -0.311. The number of benzene rings is 1. The Morgan fingerprint density at radius 1 is 1.25 bits per heavy atom. The number of nitrogens with zero attached hydrogens (tertiary/aromatic N) is 2. The second-order valence-corrected chi connectivity index (χ2v) is 7.41. The number of nitrogens with one attached hydrogen (secondary N) is 1. The Hall–Kier alpha value is -1.96. The minimum absolute atomic E-state index is 0.0299. The summed E-state index contributed by atoms with van der Waals surface area (Å²) in [4.78, 5) is 17.5. The molecular weight excluding hydrogens is 350 g/mol. The number of halogens is 1. The van der Waals surface area contributed by atoms with E-state index in [0.717, 1.165) is 5.56 Å². The van der Waals surface area contributed by atoms with E-state index in [4.69, 9.17) is 11.6 Å². The third-order valence-corrected chi connectivity index (χ3v) is 5.06. The van der Waals surface area contributed by atoms with E-state index >= 15 is 0 Å². The number of likely N-dealkylation sites (N-methyl/N-ethyl adjacent to an activating group) is 1. The monoisotopic (exact) mass is 367 g/mol. The van der Waals surface area contributed by atoms with E-state index in [1.807, 2.05) is 12.1 Å². The lowest BCUT2D eigenvalue weighted by molar-refractivity contribution is -0.128. The Balaban J connectivity index is 1.87. The van der Waals surface area contributed by atoms with E-state index < -0.39 is 10.0 Å². The van der Waals surface area contributed by atoms with Crippen molar-refractivity contribution < 1.29 is 13.2 Å². The third-order valence-electron chi connectivity index (χ3n) is 3.43. The van der Waals surface area contributed by atoms with Gasteiger partial charge >= 0.3 is 0 Å². The first kappa shape index (κ1) is 18.4. The lowest BCUT2D eigenvalue weighted by Crippen LogP contribution is -2.38. The summed E-state index contributed by atoms with van der Waals surface area (Å²) in [6.07, 6.45) is 4.05. The number of sulfonamides is 1. The van der Waals surface area contributed by atoms with Gasteiger partial charge in [-0.25, -0.2) is 13.1 Å². The van der Waals surface area contributed by atoms with Crippen molar-refractivity contribution in [2.24, 2.45) is 0 Å². The molecule has 0 saturated heterocycles. The summed E-state index contributed by atoms with van der Waals surface area (Å²) in [6.45, 7) is 0.184. The lowest BCUT2D eigenvalue weighted by Gasteiger charge is -2.17. The number of carbonyl (C=O) groups excluding carboxylic acids is 1. The van der Waals surface area contributed by atoms with Crippen molar-refractivity contribution in [1.29, 1.82) is 0 Å². The molecule has 0 radical (unpaired) electrons. The third kappa shape index (κ3) is 5.30. The average Bonchev–Trinajstić information content (AvgIpc) is 2.58. The molecule has 0 fully saturated rings. The zero-order valence-electron chi connectivity index (χ0n) is 13.1. The predicted molar refractivity (Wildman–Crippen MR) is 92.2 cm³/mol. The summed E-state index contributed by atoms with van der Waals surface area (Å²) >= 11 is 5.79. The van der Waals surface area contributed by atoms with Gasteiger partial charge in [-0.3, -0.25) is 9.78 Å². The van der Waals surface area contributed by atoms with Crippen molar-refractivity contribution in [2.75, 3.05) is 20.1 Å². The smallest absolute Gasteiger partial charge is 0.241 e. The molecule has 0 spiro atoms. The van der Waals surface area contributed by atoms with Crippen LogP contribution in [-0.2, 0) is 21.2 Å². The Morgan fingerprint density at radius 3 is 2.62 bits per heavy atom. The van der Waals surface area contributed by atoms with Crippen LogP contribution in [0.3, 0.4) is 0 Å². The maximum absolute atomic E-state index is 12.1. The van der Waals surface area contributed by atoms with Gasteiger partial charge in [0.25, 0.3) is 0 Å². The number of rotatable bonds is 7. The fourth-order valence-corrected chi connectivity index (χ4v) is 3.26. The average molecular weight is 368 g/mol.